The van der Waals surface area contributed by atoms with Crippen LogP contribution in [0.25, 0.3) is 0 Å². The standard InChI is InChI=1S/C61H106O6/c1-4-7-10-13-16-19-22-25-27-29-30-32-33-36-39-42-45-48-51-54-60(63)66-57-58(56-65-59(62)53-50-47-44-41-38-35-24-21-18-15-12-9-6-3)67-61(64)55-52-49-46-43-40-37-34-31-28-26-23-20-17-14-11-8-5-2/h7,9-10,12,15-16,18-19,21,24-25,27,58H,4-6,8,11,13-14,17,20,22-23,26,28-57H2,1-3H3/b10-7+,12-9+,18-15+,19-16+,24-21+,27-25+. The van der Waals surface area contributed by atoms with Crippen molar-refractivity contribution in [1.29, 1.82) is 0 Å². The highest BCUT2D eigenvalue weighted by Crippen LogP contribution is 2.16. The van der Waals surface area contributed by atoms with Gasteiger partial charge < -0.3 is 14.2 Å². The molecule has 0 radical (unpaired) electrons. The quantitative estimate of drug-likeness (QED) is 0.0199. The molecule has 0 aromatic rings. The molecule has 1 atom stereocenters. The van der Waals surface area contributed by atoms with Gasteiger partial charge in [-0.1, -0.05) is 261 Å². The second kappa shape index (κ2) is 55.4. The summed E-state index contributed by atoms with van der Waals surface area (Å²) in [6.45, 7) is 6.40. The molecular weight excluding hydrogens is 829 g/mol. The summed E-state index contributed by atoms with van der Waals surface area (Å²) in [6, 6.07) is 0. The molecule has 1 unspecified atom stereocenters. The third-order valence-corrected chi connectivity index (χ3v) is 12.3. The van der Waals surface area contributed by atoms with Gasteiger partial charge in [0.2, 0.25) is 0 Å². The molecule has 0 saturated heterocycles. The van der Waals surface area contributed by atoms with E-state index in [0.717, 1.165) is 103 Å². The first-order chi connectivity index (χ1) is 33.0. The molecule has 0 aromatic carbocycles. The molecule has 0 N–H and O–H groups in total. The van der Waals surface area contributed by atoms with Crippen LogP contribution in [-0.4, -0.2) is 37.2 Å². The summed E-state index contributed by atoms with van der Waals surface area (Å²) in [5, 5.41) is 0. The topological polar surface area (TPSA) is 78.9 Å². The maximum Gasteiger partial charge on any atom is 0.306 e. The minimum Gasteiger partial charge on any atom is -0.462 e. The Balaban J connectivity index is 4.36. The van der Waals surface area contributed by atoms with E-state index in [2.05, 4.69) is 93.7 Å². The van der Waals surface area contributed by atoms with Gasteiger partial charge in [0, 0.05) is 19.3 Å². The summed E-state index contributed by atoms with van der Waals surface area (Å²) in [6.07, 6.45) is 70.3. The van der Waals surface area contributed by atoms with Crippen molar-refractivity contribution in [3.05, 3.63) is 72.9 Å². The fourth-order valence-corrected chi connectivity index (χ4v) is 8.05. The van der Waals surface area contributed by atoms with E-state index in [1.54, 1.807) is 0 Å². The Hall–Kier alpha value is -3.15. The maximum atomic E-state index is 12.9. The lowest BCUT2D eigenvalue weighted by Gasteiger charge is -2.18. The van der Waals surface area contributed by atoms with Gasteiger partial charge in [-0.3, -0.25) is 14.4 Å². The van der Waals surface area contributed by atoms with Crippen molar-refractivity contribution in [2.75, 3.05) is 13.2 Å². The lowest BCUT2D eigenvalue weighted by atomic mass is 10.0. The molecular formula is C61H106O6. The van der Waals surface area contributed by atoms with Gasteiger partial charge in [0.15, 0.2) is 6.10 Å². The van der Waals surface area contributed by atoms with Crippen molar-refractivity contribution in [3.63, 3.8) is 0 Å². The second-order valence-electron chi connectivity index (χ2n) is 18.9. The summed E-state index contributed by atoms with van der Waals surface area (Å²) in [5.41, 5.74) is 0. The monoisotopic (exact) mass is 935 g/mol. The van der Waals surface area contributed by atoms with E-state index in [1.165, 1.54) is 135 Å². The first kappa shape index (κ1) is 63.8. The number of carbonyl (C=O) groups is 3. The molecule has 0 aromatic heterocycles. The predicted molar refractivity (Wildman–Crippen MR) is 288 cm³/mol. The number of allylic oxidation sites excluding steroid dienone is 12. The minimum atomic E-state index is -0.784. The first-order valence-electron chi connectivity index (χ1n) is 28.5. The Bertz CT molecular complexity index is 1260. The van der Waals surface area contributed by atoms with Gasteiger partial charge >= 0.3 is 17.9 Å². The average molecular weight is 936 g/mol. The summed E-state index contributed by atoms with van der Waals surface area (Å²) < 4.78 is 16.9. The number of ether oxygens (including phenoxy) is 3. The van der Waals surface area contributed by atoms with E-state index in [1.807, 2.05) is 0 Å². The van der Waals surface area contributed by atoms with Crippen LogP contribution in [0.3, 0.4) is 0 Å². The predicted octanol–water partition coefficient (Wildman–Crippen LogP) is 19.0. The van der Waals surface area contributed by atoms with Crippen molar-refractivity contribution in [1.82, 2.24) is 0 Å². The third-order valence-electron chi connectivity index (χ3n) is 12.3. The van der Waals surface area contributed by atoms with E-state index in [4.69, 9.17) is 14.2 Å². The number of carbonyl (C=O) groups excluding carboxylic acids is 3. The fraction of sp³-hybridized carbons (Fsp3) is 0.754. The molecule has 0 rings (SSSR count). The number of hydrogen-bond donors (Lipinski definition) is 0. The molecule has 0 aliphatic heterocycles. The third kappa shape index (κ3) is 53.7. The minimum absolute atomic E-state index is 0.0830. The molecule has 0 amide bonds. The fourth-order valence-electron chi connectivity index (χ4n) is 8.05. The van der Waals surface area contributed by atoms with Gasteiger partial charge in [0.05, 0.1) is 0 Å². The SMILES string of the molecule is CC/C=C/C=C/C=C/CCCCCCCC(=O)OCC(COC(=O)CCCCCCCCCCC/C=C/C/C=C/C/C=C/CC)OC(=O)CCCCCCCCCCCCCCCCCCC. The van der Waals surface area contributed by atoms with E-state index < -0.39 is 6.10 Å². The average Bonchev–Trinajstić information content (AvgIpc) is 3.33. The van der Waals surface area contributed by atoms with Gasteiger partial charge in [-0.15, -0.1) is 0 Å². The van der Waals surface area contributed by atoms with Crippen molar-refractivity contribution in [2.45, 2.75) is 284 Å². The molecule has 0 aliphatic carbocycles. The highest BCUT2D eigenvalue weighted by Gasteiger charge is 2.19. The first-order valence-corrected chi connectivity index (χ1v) is 28.5. The summed E-state index contributed by atoms with van der Waals surface area (Å²) in [4.78, 5) is 38.1. The van der Waals surface area contributed by atoms with Gasteiger partial charge in [-0.2, -0.15) is 0 Å². The Labute approximate surface area is 414 Å². The van der Waals surface area contributed by atoms with Crippen LogP contribution in [0.1, 0.15) is 278 Å². The molecule has 67 heavy (non-hydrogen) atoms. The maximum absolute atomic E-state index is 12.9. The number of unbranched alkanes of at least 4 members (excludes halogenated alkanes) is 30. The highest BCUT2D eigenvalue weighted by atomic mass is 16.6. The zero-order chi connectivity index (χ0) is 48.6. The van der Waals surface area contributed by atoms with Crippen LogP contribution >= 0.6 is 0 Å². The molecule has 0 bridgehead atoms. The normalized spacial score (nSPS) is 12.6. The van der Waals surface area contributed by atoms with Crippen LogP contribution in [0.4, 0.5) is 0 Å². The van der Waals surface area contributed by atoms with Crippen LogP contribution in [0.5, 0.6) is 0 Å². The Morgan fingerprint density at radius 2 is 0.657 bits per heavy atom. The molecule has 0 saturated carbocycles. The zero-order valence-electron chi connectivity index (χ0n) is 44.2. The number of hydrogen-bond acceptors (Lipinski definition) is 6. The molecule has 6 heteroatoms. The van der Waals surface area contributed by atoms with Crippen molar-refractivity contribution in [2.24, 2.45) is 0 Å². The van der Waals surface area contributed by atoms with Crippen molar-refractivity contribution >= 4 is 17.9 Å². The van der Waals surface area contributed by atoms with Crippen molar-refractivity contribution in [3.8, 4) is 0 Å². The lowest BCUT2D eigenvalue weighted by molar-refractivity contribution is -0.167. The lowest BCUT2D eigenvalue weighted by Crippen LogP contribution is -2.30. The molecule has 386 valence electrons. The Morgan fingerprint density at radius 1 is 0.328 bits per heavy atom. The summed E-state index contributed by atoms with van der Waals surface area (Å²) in [7, 11) is 0. The largest absolute Gasteiger partial charge is 0.462 e. The Morgan fingerprint density at radius 3 is 1.07 bits per heavy atom. The molecule has 0 heterocycles. The van der Waals surface area contributed by atoms with Crippen LogP contribution in [0.15, 0.2) is 72.9 Å². The van der Waals surface area contributed by atoms with Gasteiger partial charge in [-0.05, 0) is 70.6 Å². The zero-order valence-corrected chi connectivity index (χ0v) is 44.2. The molecule has 0 spiro atoms. The summed E-state index contributed by atoms with van der Waals surface area (Å²) >= 11 is 0. The molecule has 6 nitrogen and oxygen atoms in total. The van der Waals surface area contributed by atoms with Crippen LogP contribution in [0, 0.1) is 0 Å². The highest BCUT2D eigenvalue weighted by molar-refractivity contribution is 5.71. The Kier molecular flexibility index (Phi) is 52.8. The number of esters is 3. The second-order valence-corrected chi connectivity index (χ2v) is 18.9. The van der Waals surface area contributed by atoms with Crippen LogP contribution < -0.4 is 0 Å². The van der Waals surface area contributed by atoms with Gasteiger partial charge in [-0.25, -0.2) is 0 Å². The van der Waals surface area contributed by atoms with E-state index >= 15 is 0 Å². The van der Waals surface area contributed by atoms with E-state index in [9.17, 15) is 14.4 Å². The van der Waals surface area contributed by atoms with Crippen LogP contribution in [0.2, 0.25) is 0 Å². The summed E-state index contributed by atoms with van der Waals surface area (Å²) in [5.74, 6) is -0.899. The van der Waals surface area contributed by atoms with Gasteiger partial charge in [0.1, 0.15) is 13.2 Å². The molecule has 0 aliphatic rings. The van der Waals surface area contributed by atoms with Crippen molar-refractivity contribution < 1.29 is 28.6 Å². The van der Waals surface area contributed by atoms with E-state index in [-0.39, 0.29) is 31.1 Å². The van der Waals surface area contributed by atoms with Gasteiger partial charge in [0.25, 0.3) is 0 Å². The number of rotatable bonds is 51. The van der Waals surface area contributed by atoms with Crippen LogP contribution in [-0.2, 0) is 28.6 Å². The molecule has 0 fully saturated rings. The van der Waals surface area contributed by atoms with E-state index in [0.29, 0.717) is 19.3 Å². The smallest absolute Gasteiger partial charge is 0.306 e.